The maximum Gasteiger partial charge on any atom is 0.340 e. The van der Waals surface area contributed by atoms with Gasteiger partial charge in [-0.05, 0) is 36.4 Å². The Kier molecular flexibility index (Phi) is 5.02. The maximum atomic E-state index is 12.9. The summed E-state index contributed by atoms with van der Waals surface area (Å²) in [4.78, 5) is 34.1. The number of carbonyl (C=O) groups is 1. The second-order valence-corrected chi connectivity index (χ2v) is 8.51. The SMILES string of the molecule is COc1ccc2c(c1)Oc1cc(Oc3ccc([N+](=O)[O-])cc3[N+](=O)[O-])ccc1C21OC(=O)c2ccccc21. The standard InChI is InChI=1S/C27H16N2O9/c1-35-16-7-9-20-24(13-16)37-25-14-17(36-23-11-6-15(28(31)32)12-22(23)29(33)34)8-10-21(25)27(20)19-5-3-2-4-18(19)26(30)38-27/h2-14H,1H3. The number of carbonyl (C=O) groups excluding carboxylic acids is 1. The average molecular weight is 512 g/mol. The number of nitro groups is 2. The molecule has 0 amide bonds. The summed E-state index contributed by atoms with van der Waals surface area (Å²) in [5, 5.41) is 22.6. The van der Waals surface area contributed by atoms with Crippen LogP contribution in [0.2, 0.25) is 0 Å². The van der Waals surface area contributed by atoms with Crippen molar-refractivity contribution in [1.82, 2.24) is 0 Å². The molecule has 0 saturated heterocycles. The number of nitrogens with zero attached hydrogens (tertiary/aromatic N) is 2. The van der Waals surface area contributed by atoms with E-state index in [0.29, 0.717) is 33.8 Å². The van der Waals surface area contributed by atoms with Gasteiger partial charge >= 0.3 is 11.7 Å². The van der Waals surface area contributed by atoms with Crippen molar-refractivity contribution in [1.29, 1.82) is 0 Å². The average Bonchev–Trinajstić information content (AvgIpc) is 3.21. The smallest absolute Gasteiger partial charge is 0.340 e. The molecule has 0 saturated carbocycles. The van der Waals surface area contributed by atoms with E-state index in [2.05, 4.69) is 0 Å². The molecule has 0 N–H and O–H groups in total. The lowest BCUT2D eigenvalue weighted by Crippen LogP contribution is -2.33. The Hall–Kier alpha value is -5.45. The lowest BCUT2D eigenvalue weighted by atomic mass is 9.77. The number of nitro benzene ring substituents is 2. The molecule has 188 valence electrons. The Morgan fingerprint density at radius 2 is 1.47 bits per heavy atom. The highest BCUT2D eigenvalue weighted by molar-refractivity contribution is 5.97. The summed E-state index contributed by atoms with van der Waals surface area (Å²) in [5.41, 5.74) is -0.122. The molecule has 0 radical (unpaired) electrons. The van der Waals surface area contributed by atoms with Crippen LogP contribution in [0, 0.1) is 20.2 Å². The molecule has 1 spiro atoms. The minimum absolute atomic E-state index is 0.166. The van der Waals surface area contributed by atoms with Crippen LogP contribution in [0.15, 0.2) is 78.9 Å². The second kappa shape index (κ2) is 8.30. The van der Waals surface area contributed by atoms with Gasteiger partial charge in [-0.1, -0.05) is 18.2 Å². The molecule has 0 fully saturated rings. The molecule has 1 atom stereocenters. The number of fused-ring (bicyclic) bond motifs is 6. The quantitative estimate of drug-likeness (QED) is 0.182. The highest BCUT2D eigenvalue weighted by Crippen LogP contribution is 2.57. The normalized spacial score (nSPS) is 16.5. The molecule has 0 aromatic heterocycles. The molecule has 0 bridgehead atoms. The first-order valence-corrected chi connectivity index (χ1v) is 11.3. The lowest BCUT2D eigenvalue weighted by molar-refractivity contribution is -0.394. The third kappa shape index (κ3) is 3.33. The third-order valence-electron chi connectivity index (χ3n) is 6.47. The maximum absolute atomic E-state index is 12.9. The van der Waals surface area contributed by atoms with E-state index in [1.54, 1.807) is 42.5 Å². The van der Waals surface area contributed by atoms with Crippen LogP contribution in [0.1, 0.15) is 27.0 Å². The van der Waals surface area contributed by atoms with Gasteiger partial charge in [0.15, 0.2) is 5.60 Å². The van der Waals surface area contributed by atoms with E-state index in [9.17, 15) is 25.0 Å². The van der Waals surface area contributed by atoms with Crippen molar-refractivity contribution in [2.75, 3.05) is 7.11 Å². The fourth-order valence-electron chi connectivity index (χ4n) is 4.80. The van der Waals surface area contributed by atoms with Gasteiger partial charge in [0.2, 0.25) is 5.75 Å². The molecule has 4 aromatic carbocycles. The summed E-state index contributed by atoms with van der Waals surface area (Å²) in [5.74, 6) is 0.689. The summed E-state index contributed by atoms with van der Waals surface area (Å²) < 4.78 is 23.4. The monoisotopic (exact) mass is 512 g/mol. The van der Waals surface area contributed by atoms with Crippen LogP contribution >= 0.6 is 0 Å². The van der Waals surface area contributed by atoms with Crippen molar-refractivity contribution in [2.45, 2.75) is 5.60 Å². The topological polar surface area (TPSA) is 140 Å². The summed E-state index contributed by atoms with van der Waals surface area (Å²) in [7, 11) is 1.52. The molecule has 11 heteroatoms. The van der Waals surface area contributed by atoms with Crippen molar-refractivity contribution < 1.29 is 33.6 Å². The van der Waals surface area contributed by atoms with Crippen molar-refractivity contribution in [3.8, 4) is 28.7 Å². The van der Waals surface area contributed by atoms with Gasteiger partial charge in [0.05, 0.1) is 28.6 Å². The van der Waals surface area contributed by atoms with Crippen LogP contribution in [0.4, 0.5) is 11.4 Å². The van der Waals surface area contributed by atoms with Crippen molar-refractivity contribution in [3.05, 3.63) is 121 Å². The minimum Gasteiger partial charge on any atom is -0.497 e. The zero-order valence-corrected chi connectivity index (χ0v) is 19.6. The number of ether oxygens (including phenoxy) is 4. The predicted octanol–water partition coefficient (Wildman–Crippen LogP) is 5.87. The van der Waals surface area contributed by atoms with Gasteiger partial charge in [0, 0.05) is 34.9 Å². The Labute approximate surface area is 214 Å². The Morgan fingerprint density at radius 3 is 2.16 bits per heavy atom. The molecule has 38 heavy (non-hydrogen) atoms. The first-order chi connectivity index (χ1) is 18.3. The number of rotatable bonds is 5. The van der Waals surface area contributed by atoms with E-state index >= 15 is 0 Å². The Morgan fingerprint density at radius 1 is 0.789 bits per heavy atom. The predicted molar refractivity (Wildman–Crippen MR) is 131 cm³/mol. The summed E-state index contributed by atoms with van der Waals surface area (Å²) in [6.07, 6.45) is 0. The van der Waals surface area contributed by atoms with Crippen LogP contribution < -0.4 is 14.2 Å². The van der Waals surface area contributed by atoms with Crippen molar-refractivity contribution >= 4 is 17.3 Å². The summed E-state index contributed by atoms with van der Waals surface area (Å²) in [6, 6.07) is 20.1. The first kappa shape index (κ1) is 23.0. The number of benzene rings is 4. The summed E-state index contributed by atoms with van der Waals surface area (Å²) >= 11 is 0. The molecule has 1 unspecified atom stereocenters. The number of hydrogen-bond acceptors (Lipinski definition) is 9. The van der Waals surface area contributed by atoms with E-state index in [0.717, 1.165) is 18.2 Å². The van der Waals surface area contributed by atoms with Crippen molar-refractivity contribution in [2.24, 2.45) is 0 Å². The molecule has 11 nitrogen and oxygen atoms in total. The number of methoxy groups -OCH3 is 1. The molecule has 6 rings (SSSR count). The van der Waals surface area contributed by atoms with Crippen LogP contribution in [0.3, 0.4) is 0 Å². The van der Waals surface area contributed by atoms with Gasteiger partial charge < -0.3 is 18.9 Å². The van der Waals surface area contributed by atoms with Gasteiger partial charge in [-0.15, -0.1) is 0 Å². The van der Waals surface area contributed by atoms with E-state index in [1.807, 2.05) is 12.1 Å². The number of hydrogen-bond donors (Lipinski definition) is 0. The highest BCUT2D eigenvalue weighted by Gasteiger charge is 2.53. The number of non-ortho nitro benzene ring substituents is 1. The second-order valence-electron chi connectivity index (χ2n) is 8.51. The lowest BCUT2D eigenvalue weighted by Gasteiger charge is -2.36. The van der Waals surface area contributed by atoms with E-state index in [4.69, 9.17) is 18.9 Å². The summed E-state index contributed by atoms with van der Waals surface area (Å²) in [6.45, 7) is 0. The fourth-order valence-corrected chi connectivity index (χ4v) is 4.80. The molecule has 2 heterocycles. The Bertz CT molecular complexity index is 1680. The van der Waals surface area contributed by atoms with Gasteiger partial charge in [-0.3, -0.25) is 20.2 Å². The van der Waals surface area contributed by atoms with E-state index in [-0.39, 0.29) is 17.2 Å². The molecule has 0 aliphatic carbocycles. The fraction of sp³-hybridized carbons (Fsp3) is 0.0741. The molecular weight excluding hydrogens is 496 g/mol. The molecule has 4 aromatic rings. The van der Waals surface area contributed by atoms with Crippen LogP contribution in [0.25, 0.3) is 0 Å². The Balaban J connectivity index is 1.50. The largest absolute Gasteiger partial charge is 0.497 e. The van der Waals surface area contributed by atoms with Crippen LogP contribution in [-0.2, 0) is 10.3 Å². The van der Waals surface area contributed by atoms with E-state index in [1.165, 1.54) is 13.2 Å². The molecule has 2 aliphatic rings. The van der Waals surface area contributed by atoms with E-state index < -0.39 is 32.8 Å². The van der Waals surface area contributed by atoms with Gasteiger partial charge in [-0.25, -0.2) is 4.79 Å². The minimum atomic E-state index is -1.30. The first-order valence-electron chi connectivity index (χ1n) is 11.3. The highest BCUT2D eigenvalue weighted by atomic mass is 16.6. The van der Waals surface area contributed by atoms with Crippen LogP contribution in [-0.4, -0.2) is 22.9 Å². The van der Waals surface area contributed by atoms with Gasteiger partial charge in [-0.2, -0.15) is 0 Å². The van der Waals surface area contributed by atoms with Crippen LogP contribution in [0.5, 0.6) is 28.7 Å². The zero-order valence-electron chi connectivity index (χ0n) is 19.6. The number of esters is 1. The van der Waals surface area contributed by atoms with Gasteiger partial charge in [0.25, 0.3) is 5.69 Å². The van der Waals surface area contributed by atoms with Crippen molar-refractivity contribution in [3.63, 3.8) is 0 Å². The van der Waals surface area contributed by atoms with Gasteiger partial charge in [0.1, 0.15) is 23.0 Å². The molecular formula is C27H16N2O9. The third-order valence-corrected chi connectivity index (χ3v) is 6.47. The molecule has 2 aliphatic heterocycles. The zero-order chi connectivity index (χ0) is 26.6.